The Bertz CT molecular complexity index is 850. The van der Waals surface area contributed by atoms with Gasteiger partial charge in [0.05, 0.1) is 16.5 Å². The molecule has 0 radical (unpaired) electrons. The van der Waals surface area contributed by atoms with Gasteiger partial charge in [-0.3, -0.25) is 4.98 Å². The number of fused-ring (bicyclic) bond motifs is 1. The fraction of sp³-hybridized carbons (Fsp3) is 0.591. The second kappa shape index (κ2) is 8.08. The molecular weight excluding hydrogens is 342 g/mol. The van der Waals surface area contributed by atoms with E-state index in [1.165, 1.54) is 30.2 Å². The summed E-state index contributed by atoms with van der Waals surface area (Å²) < 4.78 is 24.3. The summed E-state index contributed by atoms with van der Waals surface area (Å²) >= 11 is 0. The lowest BCUT2D eigenvalue weighted by molar-refractivity contribution is 0.278. The van der Waals surface area contributed by atoms with Crippen molar-refractivity contribution in [1.82, 2.24) is 4.98 Å². The van der Waals surface area contributed by atoms with Crippen LogP contribution in [0.1, 0.15) is 57.2 Å². The van der Waals surface area contributed by atoms with Crippen LogP contribution in [0.15, 0.2) is 30.3 Å². The summed E-state index contributed by atoms with van der Waals surface area (Å²) in [5, 5.41) is 1.03. The molecule has 0 unspecified atom stereocenters. The van der Waals surface area contributed by atoms with Gasteiger partial charge in [-0.05, 0) is 76.0 Å². The number of pyridine rings is 1. The monoisotopic (exact) mass is 373 g/mol. The lowest BCUT2D eigenvalue weighted by Gasteiger charge is -2.29. The number of benzene rings is 1. The molecule has 0 atom stereocenters. The first-order valence-electron chi connectivity index (χ1n) is 9.92. The lowest BCUT2D eigenvalue weighted by atomic mass is 9.80. The summed E-state index contributed by atoms with van der Waals surface area (Å²) in [5.74, 6) is 1.47. The molecule has 0 N–H and O–H groups in total. The van der Waals surface area contributed by atoms with Crippen LogP contribution in [0.25, 0.3) is 10.9 Å². The minimum absolute atomic E-state index is 0.247. The highest BCUT2D eigenvalue weighted by atomic mass is 32.2. The number of aryl methyl sites for hydroxylation is 2. The first kappa shape index (κ1) is 19.3. The van der Waals surface area contributed by atoms with Gasteiger partial charge in [0.1, 0.15) is 0 Å². The van der Waals surface area contributed by atoms with E-state index in [1.54, 1.807) is 13.8 Å². The molecule has 1 aliphatic carbocycles. The zero-order valence-electron chi connectivity index (χ0n) is 16.2. The third kappa shape index (κ3) is 4.64. The molecule has 1 aliphatic rings. The SMILES string of the molecule is Cc1cc(CCC2CCC(CS(=O)(=O)C(C)C)CC2)c2ccccc2n1. The first-order valence-corrected chi connectivity index (χ1v) is 11.6. The minimum atomic E-state index is -2.91. The third-order valence-electron chi connectivity index (χ3n) is 5.90. The molecule has 3 rings (SSSR count). The van der Waals surface area contributed by atoms with Gasteiger partial charge in [0.15, 0.2) is 9.84 Å². The van der Waals surface area contributed by atoms with Gasteiger partial charge in [0.2, 0.25) is 0 Å². The molecular formula is C22H31NO2S. The van der Waals surface area contributed by atoms with Gasteiger partial charge in [-0.1, -0.05) is 31.0 Å². The Hall–Kier alpha value is -1.42. The summed E-state index contributed by atoms with van der Waals surface area (Å²) in [5.41, 5.74) is 3.57. The van der Waals surface area contributed by atoms with E-state index in [1.807, 2.05) is 6.07 Å². The van der Waals surface area contributed by atoms with Crippen molar-refractivity contribution in [1.29, 1.82) is 0 Å². The molecule has 1 fully saturated rings. The molecule has 3 nitrogen and oxygen atoms in total. The van der Waals surface area contributed by atoms with Crippen LogP contribution in [0.2, 0.25) is 0 Å². The van der Waals surface area contributed by atoms with Gasteiger partial charge < -0.3 is 0 Å². The fourth-order valence-corrected chi connectivity index (χ4v) is 5.54. The van der Waals surface area contributed by atoms with Gasteiger partial charge in [-0.25, -0.2) is 8.42 Å². The maximum absolute atomic E-state index is 12.1. The number of nitrogens with zero attached hydrogens (tertiary/aromatic N) is 1. The van der Waals surface area contributed by atoms with Gasteiger partial charge >= 0.3 is 0 Å². The van der Waals surface area contributed by atoms with E-state index < -0.39 is 9.84 Å². The molecule has 1 saturated carbocycles. The quantitative estimate of drug-likeness (QED) is 0.707. The average Bonchev–Trinajstić information content (AvgIpc) is 2.60. The standard InChI is InChI=1S/C22H31NO2S/c1-16(2)26(24,25)15-19-10-8-18(9-11-19)12-13-20-14-17(3)23-22-7-5-4-6-21(20)22/h4-7,14,16,18-19H,8-13,15H2,1-3H3. The Labute approximate surface area is 158 Å². The smallest absolute Gasteiger partial charge is 0.152 e. The Morgan fingerprint density at radius 2 is 1.73 bits per heavy atom. The number of hydrogen-bond donors (Lipinski definition) is 0. The van der Waals surface area contributed by atoms with Crippen LogP contribution in [-0.4, -0.2) is 24.4 Å². The second-order valence-corrected chi connectivity index (χ2v) is 10.8. The molecule has 26 heavy (non-hydrogen) atoms. The fourth-order valence-electron chi connectivity index (χ4n) is 4.17. The van der Waals surface area contributed by atoms with Crippen LogP contribution in [0.3, 0.4) is 0 Å². The van der Waals surface area contributed by atoms with Crippen LogP contribution >= 0.6 is 0 Å². The van der Waals surface area contributed by atoms with Crippen molar-refractivity contribution in [3.8, 4) is 0 Å². The molecule has 0 aliphatic heterocycles. The van der Waals surface area contributed by atoms with E-state index in [-0.39, 0.29) is 5.25 Å². The van der Waals surface area contributed by atoms with E-state index in [4.69, 9.17) is 0 Å². The first-order chi connectivity index (χ1) is 12.3. The highest BCUT2D eigenvalue weighted by Gasteiger charge is 2.27. The molecule has 2 aromatic rings. The maximum Gasteiger partial charge on any atom is 0.152 e. The Kier molecular flexibility index (Phi) is 6.01. The molecule has 1 heterocycles. The highest BCUT2D eigenvalue weighted by Crippen LogP contribution is 2.33. The van der Waals surface area contributed by atoms with Crippen LogP contribution in [0, 0.1) is 18.8 Å². The van der Waals surface area contributed by atoms with E-state index in [9.17, 15) is 8.42 Å². The molecule has 1 aromatic carbocycles. The predicted molar refractivity (Wildman–Crippen MR) is 109 cm³/mol. The van der Waals surface area contributed by atoms with E-state index in [0.29, 0.717) is 11.7 Å². The van der Waals surface area contributed by atoms with E-state index in [0.717, 1.165) is 36.4 Å². The summed E-state index contributed by atoms with van der Waals surface area (Å²) in [6.07, 6.45) is 6.74. The molecule has 1 aromatic heterocycles. The summed E-state index contributed by atoms with van der Waals surface area (Å²) in [7, 11) is -2.91. The summed E-state index contributed by atoms with van der Waals surface area (Å²) in [4.78, 5) is 4.63. The number of sulfone groups is 1. The largest absolute Gasteiger partial charge is 0.253 e. The van der Waals surface area contributed by atoms with Gasteiger partial charge in [0, 0.05) is 11.1 Å². The van der Waals surface area contributed by atoms with Crippen molar-refractivity contribution in [3.63, 3.8) is 0 Å². The Morgan fingerprint density at radius 3 is 2.42 bits per heavy atom. The zero-order chi connectivity index (χ0) is 18.7. The predicted octanol–water partition coefficient (Wildman–Crippen LogP) is 5.11. The van der Waals surface area contributed by atoms with Crippen molar-refractivity contribution in [2.45, 2.75) is 64.5 Å². The number of hydrogen-bond acceptors (Lipinski definition) is 3. The van der Waals surface area contributed by atoms with Gasteiger partial charge in [0.25, 0.3) is 0 Å². The Morgan fingerprint density at radius 1 is 1.08 bits per heavy atom. The zero-order valence-corrected chi connectivity index (χ0v) is 17.1. The average molecular weight is 374 g/mol. The number of para-hydroxylation sites is 1. The normalized spacial score (nSPS) is 21.4. The van der Waals surface area contributed by atoms with Crippen molar-refractivity contribution in [3.05, 3.63) is 41.6 Å². The van der Waals surface area contributed by atoms with Gasteiger partial charge in [-0.2, -0.15) is 0 Å². The molecule has 0 amide bonds. The highest BCUT2D eigenvalue weighted by molar-refractivity contribution is 7.91. The van der Waals surface area contributed by atoms with Crippen molar-refractivity contribution >= 4 is 20.7 Å². The molecule has 0 saturated heterocycles. The second-order valence-electron chi connectivity index (χ2n) is 8.24. The summed E-state index contributed by atoms with van der Waals surface area (Å²) in [6, 6.07) is 10.6. The molecule has 0 bridgehead atoms. The minimum Gasteiger partial charge on any atom is -0.253 e. The number of aromatic nitrogens is 1. The molecule has 0 spiro atoms. The number of rotatable bonds is 6. The lowest BCUT2D eigenvalue weighted by Crippen LogP contribution is -2.26. The van der Waals surface area contributed by atoms with Crippen LogP contribution in [0.4, 0.5) is 0 Å². The Balaban J connectivity index is 1.56. The van der Waals surface area contributed by atoms with E-state index >= 15 is 0 Å². The topological polar surface area (TPSA) is 47.0 Å². The molecule has 142 valence electrons. The summed E-state index contributed by atoms with van der Waals surface area (Å²) in [6.45, 7) is 5.65. The van der Waals surface area contributed by atoms with Crippen LogP contribution < -0.4 is 0 Å². The van der Waals surface area contributed by atoms with Crippen molar-refractivity contribution < 1.29 is 8.42 Å². The van der Waals surface area contributed by atoms with E-state index in [2.05, 4.69) is 36.2 Å². The maximum atomic E-state index is 12.1. The van der Waals surface area contributed by atoms with Gasteiger partial charge in [-0.15, -0.1) is 0 Å². The third-order valence-corrected chi connectivity index (χ3v) is 8.28. The van der Waals surface area contributed by atoms with Crippen molar-refractivity contribution in [2.24, 2.45) is 11.8 Å². The van der Waals surface area contributed by atoms with Crippen molar-refractivity contribution in [2.75, 3.05) is 5.75 Å². The van der Waals surface area contributed by atoms with Crippen LogP contribution in [0.5, 0.6) is 0 Å². The molecule has 4 heteroatoms. The van der Waals surface area contributed by atoms with Crippen LogP contribution in [-0.2, 0) is 16.3 Å².